The van der Waals surface area contributed by atoms with Gasteiger partial charge >= 0.3 is 5.97 Å². The summed E-state index contributed by atoms with van der Waals surface area (Å²) >= 11 is 0. The van der Waals surface area contributed by atoms with Crippen LogP contribution in [0.5, 0.6) is 0 Å². The molecule has 3 N–H and O–H groups in total. The van der Waals surface area contributed by atoms with Gasteiger partial charge in [-0.05, 0) is 6.92 Å². The van der Waals surface area contributed by atoms with E-state index in [1.807, 2.05) is 0 Å². The van der Waals surface area contributed by atoms with Gasteiger partial charge in [0.1, 0.15) is 6.10 Å². The molecule has 0 fully saturated rings. The SMILES string of the molecule is CC(=O)O.CC(O)C(=O)O.[Zr]. The van der Waals surface area contributed by atoms with E-state index in [4.69, 9.17) is 20.1 Å². The third-order valence-electron chi connectivity index (χ3n) is 0.357. The normalized spacial score (nSPS) is 9.73. The van der Waals surface area contributed by atoms with E-state index in [1.54, 1.807) is 0 Å². The van der Waals surface area contributed by atoms with Crippen molar-refractivity contribution in [2.75, 3.05) is 0 Å². The molecule has 0 spiro atoms. The molecule has 64 valence electrons. The van der Waals surface area contributed by atoms with Crippen molar-refractivity contribution in [3.05, 3.63) is 0 Å². The Bertz CT molecular complexity index is 118. The molecule has 11 heavy (non-hydrogen) atoms. The van der Waals surface area contributed by atoms with Gasteiger partial charge in [0.15, 0.2) is 0 Å². The first-order valence-corrected chi connectivity index (χ1v) is 2.48. The summed E-state index contributed by atoms with van der Waals surface area (Å²) in [4.78, 5) is 18.4. The number of hydrogen-bond acceptors (Lipinski definition) is 3. The fourth-order valence-electron chi connectivity index (χ4n) is 0. The van der Waals surface area contributed by atoms with Crippen molar-refractivity contribution in [1.29, 1.82) is 0 Å². The molecule has 5 nitrogen and oxygen atoms in total. The average molecular weight is 241 g/mol. The van der Waals surface area contributed by atoms with Crippen LogP contribution in [0, 0.1) is 0 Å². The Kier molecular flexibility index (Phi) is 15.2. The molecule has 0 bridgehead atoms. The fraction of sp³-hybridized carbons (Fsp3) is 0.600. The van der Waals surface area contributed by atoms with E-state index in [1.165, 1.54) is 6.92 Å². The quantitative estimate of drug-likeness (QED) is 0.577. The fourth-order valence-corrected chi connectivity index (χ4v) is 0. The maximum absolute atomic E-state index is 9.45. The topological polar surface area (TPSA) is 94.8 Å². The van der Waals surface area contributed by atoms with Gasteiger partial charge in [0.05, 0.1) is 0 Å². The monoisotopic (exact) mass is 240 g/mol. The van der Waals surface area contributed by atoms with Crippen molar-refractivity contribution in [3.63, 3.8) is 0 Å². The molecule has 0 aliphatic rings. The summed E-state index contributed by atoms with van der Waals surface area (Å²) in [5, 5.41) is 23.2. The van der Waals surface area contributed by atoms with Gasteiger partial charge in [-0.1, -0.05) is 0 Å². The zero-order chi connectivity index (χ0) is 8.73. The van der Waals surface area contributed by atoms with Gasteiger partial charge in [-0.15, -0.1) is 0 Å². The standard InChI is InChI=1S/C3H6O3.C2H4O2.Zr/c1-2(4)3(5)6;1-2(3)4;/h2,4H,1H3,(H,5,6);1H3,(H,3,4);. The maximum atomic E-state index is 9.45. The number of aliphatic hydroxyl groups is 1. The largest absolute Gasteiger partial charge is 0.481 e. The molecule has 1 unspecified atom stereocenters. The Labute approximate surface area is 83.2 Å². The van der Waals surface area contributed by atoms with Crippen LogP contribution in [0.2, 0.25) is 0 Å². The van der Waals surface area contributed by atoms with E-state index in [9.17, 15) is 4.79 Å². The van der Waals surface area contributed by atoms with Crippen LogP contribution in [0.1, 0.15) is 13.8 Å². The molecule has 1 atom stereocenters. The zero-order valence-corrected chi connectivity index (χ0v) is 8.69. The number of carboxylic acid groups (broad SMARTS) is 2. The Hall–Kier alpha value is -0.217. The van der Waals surface area contributed by atoms with E-state index >= 15 is 0 Å². The van der Waals surface area contributed by atoms with Crippen LogP contribution in [-0.2, 0) is 35.8 Å². The summed E-state index contributed by atoms with van der Waals surface area (Å²) in [5.41, 5.74) is 0. The van der Waals surface area contributed by atoms with Crippen molar-refractivity contribution in [2.24, 2.45) is 0 Å². The molecule has 0 heterocycles. The number of hydrogen-bond donors (Lipinski definition) is 3. The molecule has 0 aliphatic heterocycles. The minimum Gasteiger partial charge on any atom is -0.481 e. The molecule has 0 amide bonds. The zero-order valence-electron chi connectivity index (χ0n) is 6.24. The van der Waals surface area contributed by atoms with Gasteiger partial charge in [0.25, 0.3) is 5.97 Å². The third-order valence-corrected chi connectivity index (χ3v) is 0.357. The van der Waals surface area contributed by atoms with E-state index in [0.717, 1.165) is 6.92 Å². The van der Waals surface area contributed by atoms with Crippen molar-refractivity contribution >= 4 is 11.9 Å². The van der Waals surface area contributed by atoms with Gasteiger partial charge in [-0.25, -0.2) is 4.79 Å². The van der Waals surface area contributed by atoms with E-state index in [0.29, 0.717) is 0 Å². The first-order chi connectivity index (χ1) is 4.37. The van der Waals surface area contributed by atoms with E-state index in [-0.39, 0.29) is 26.2 Å². The minimum absolute atomic E-state index is 0. The van der Waals surface area contributed by atoms with Crippen LogP contribution in [0.3, 0.4) is 0 Å². The van der Waals surface area contributed by atoms with Crippen LogP contribution >= 0.6 is 0 Å². The average Bonchev–Trinajstić information content (AvgIpc) is 1.63. The Morgan fingerprint density at radius 1 is 1.27 bits per heavy atom. The molecule has 0 aromatic heterocycles. The summed E-state index contributed by atoms with van der Waals surface area (Å²) in [6, 6.07) is 0. The molecule has 0 rings (SSSR count). The first-order valence-electron chi connectivity index (χ1n) is 2.48. The van der Waals surface area contributed by atoms with Crippen LogP contribution in [-0.4, -0.2) is 33.4 Å². The second-order valence-corrected chi connectivity index (χ2v) is 1.53. The second-order valence-electron chi connectivity index (χ2n) is 1.53. The Balaban J connectivity index is -0.000000114. The third kappa shape index (κ3) is 41.4. The molecule has 6 heteroatoms. The second kappa shape index (κ2) is 9.78. The Morgan fingerprint density at radius 3 is 1.36 bits per heavy atom. The van der Waals surface area contributed by atoms with Crippen LogP contribution in [0.25, 0.3) is 0 Å². The van der Waals surface area contributed by atoms with E-state index in [2.05, 4.69) is 0 Å². The van der Waals surface area contributed by atoms with Gasteiger partial charge in [0, 0.05) is 33.1 Å². The molecular formula is C5H10O5Zr. The van der Waals surface area contributed by atoms with Crippen molar-refractivity contribution in [2.45, 2.75) is 20.0 Å². The predicted octanol–water partition coefficient (Wildman–Crippen LogP) is -0.460. The molecule has 0 radical (unpaired) electrons. The van der Waals surface area contributed by atoms with Gasteiger partial charge in [-0.2, -0.15) is 0 Å². The maximum Gasteiger partial charge on any atom is 0.332 e. The molecule has 0 aromatic rings. The Morgan fingerprint density at radius 2 is 1.36 bits per heavy atom. The number of carboxylic acids is 2. The molecule has 0 saturated carbocycles. The number of rotatable bonds is 1. The van der Waals surface area contributed by atoms with Crippen molar-refractivity contribution in [1.82, 2.24) is 0 Å². The summed E-state index contributed by atoms with van der Waals surface area (Å²) < 4.78 is 0. The minimum atomic E-state index is -1.23. The van der Waals surface area contributed by atoms with Crippen molar-refractivity contribution < 1.29 is 51.1 Å². The summed E-state index contributed by atoms with van der Waals surface area (Å²) in [7, 11) is 0. The van der Waals surface area contributed by atoms with Crippen LogP contribution < -0.4 is 0 Å². The molecular weight excluding hydrogens is 231 g/mol. The van der Waals surface area contributed by atoms with Gasteiger partial charge < -0.3 is 15.3 Å². The smallest absolute Gasteiger partial charge is 0.332 e. The van der Waals surface area contributed by atoms with Gasteiger partial charge in [-0.3, -0.25) is 4.79 Å². The summed E-state index contributed by atoms with van der Waals surface area (Å²) in [6.45, 7) is 2.28. The summed E-state index contributed by atoms with van der Waals surface area (Å²) in [6.07, 6.45) is -1.23. The van der Waals surface area contributed by atoms with Crippen molar-refractivity contribution in [3.8, 4) is 0 Å². The van der Waals surface area contributed by atoms with Crippen LogP contribution in [0.15, 0.2) is 0 Å². The predicted molar refractivity (Wildman–Crippen MR) is 32.6 cm³/mol. The summed E-state index contributed by atoms with van der Waals surface area (Å²) in [5.74, 6) is -2.02. The van der Waals surface area contributed by atoms with E-state index < -0.39 is 18.0 Å². The first kappa shape index (κ1) is 17.0. The number of aliphatic hydroxyl groups excluding tert-OH is 1. The number of aliphatic carboxylic acids is 2. The van der Waals surface area contributed by atoms with Crippen LogP contribution in [0.4, 0.5) is 0 Å². The number of carbonyl (C=O) groups is 2. The molecule has 0 saturated heterocycles. The molecule has 0 aliphatic carbocycles. The van der Waals surface area contributed by atoms with Gasteiger partial charge in [0.2, 0.25) is 0 Å². The molecule has 0 aromatic carbocycles.